The predicted octanol–water partition coefficient (Wildman–Crippen LogP) is 2.63. The molecule has 1 atom stereocenters. The maximum absolute atomic E-state index is 13.8. The van der Waals surface area contributed by atoms with Gasteiger partial charge >= 0.3 is 0 Å². The van der Waals surface area contributed by atoms with Crippen LogP contribution >= 0.6 is 0 Å². The van der Waals surface area contributed by atoms with Crippen molar-refractivity contribution in [3.63, 3.8) is 0 Å². The second-order valence-corrected chi connectivity index (χ2v) is 6.98. The monoisotopic (exact) mass is 357 g/mol. The van der Waals surface area contributed by atoms with E-state index in [1.54, 1.807) is 13.0 Å². The van der Waals surface area contributed by atoms with E-state index in [4.69, 9.17) is 0 Å². The minimum atomic E-state index is -0.251. The number of halogens is 1. The van der Waals surface area contributed by atoms with Crippen LogP contribution in [0.2, 0.25) is 0 Å². The summed E-state index contributed by atoms with van der Waals surface area (Å²) in [6.45, 7) is 3.09. The second-order valence-electron chi connectivity index (χ2n) is 6.98. The van der Waals surface area contributed by atoms with Crippen molar-refractivity contribution in [2.45, 2.75) is 39.0 Å². The number of aromatic amines is 1. The minimum Gasteiger partial charge on any atom is -0.342 e. The van der Waals surface area contributed by atoms with Gasteiger partial charge in [0.2, 0.25) is 5.91 Å². The minimum absolute atomic E-state index is 0.0447. The molecular weight excluding hydrogens is 333 g/mol. The molecule has 1 saturated heterocycles. The molecule has 0 saturated carbocycles. The summed E-state index contributed by atoms with van der Waals surface area (Å²) in [5.74, 6) is 0.693. The zero-order chi connectivity index (χ0) is 18.5. The molecule has 138 valence electrons. The van der Waals surface area contributed by atoms with E-state index in [-0.39, 0.29) is 23.7 Å². The van der Waals surface area contributed by atoms with Gasteiger partial charge in [-0.1, -0.05) is 18.2 Å². The Bertz CT molecular complexity index is 834. The number of amides is 1. The van der Waals surface area contributed by atoms with E-state index in [2.05, 4.69) is 9.97 Å². The van der Waals surface area contributed by atoms with E-state index in [9.17, 15) is 14.0 Å². The van der Waals surface area contributed by atoms with Crippen LogP contribution in [0.15, 0.2) is 35.3 Å². The Hall–Kier alpha value is -2.50. The van der Waals surface area contributed by atoms with Gasteiger partial charge in [-0.2, -0.15) is 0 Å². The number of nitrogens with zero attached hydrogens (tertiary/aromatic N) is 2. The summed E-state index contributed by atoms with van der Waals surface area (Å²) in [5, 5.41) is 0. The molecule has 1 aliphatic heterocycles. The van der Waals surface area contributed by atoms with Gasteiger partial charge in [0.1, 0.15) is 11.6 Å². The van der Waals surface area contributed by atoms with Gasteiger partial charge in [-0.3, -0.25) is 9.59 Å². The Kier molecular flexibility index (Phi) is 5.81. The smallest absolute Gasteiger partial charge is 0.254 e. The number of aromatic nitrogens is 2. The Morgan fingerprint density at radius 2 is 2.15 bits per heavy atom. The maximum Gasteiger partial charge on any atom is 0.254 e. The third kappa shape index (κ3) is 4.56. The van der Waals surface area contributed by atoms with E-state index in [0.29, 0.717) is 36.8 Å². The highest BCUT2D eigenvalue weighted by molar-refractivity contribution is 5.78. The Morgan fingerprint density at radius 1 is 1.35 bits per heavy atom. The van der Waals surface area contributed by atoms with Crippen molar-refractivity contribution in [1.82, 2.24) is 14.9 Å². The lowest BCUT2D eigenvalue weighted by Gasteiger charge is -2.33. The number of hydrogen-bond acceptors (Lipinski definition) is 3. The number of carbonyl (C=O) groups is 1. The van der Waals surface area contributed by atoms with Crippen LogP contribution in [-0.2, 0) is 17.6 Å². The number of aryl methyl sites for hydroxylation is 2. The Morgan fingerprint density at radius 3 is 2.92 bits per heavy atom. The molecule has 1 fully saturated rings. The summed E-state index contributed by atoms with van der Waals surface area (Å²) >= 11 is 0. The molecule has 2 heterocycles. The molecule has 1 aromatic heterocycles. The van der Waals surface area contributed by atoms with Crippen LogP contribution in [0.5, 0.6) is 0 Å². The number of nitrogens with one attached hydrogen (secondary N) is 1. The molecule has 26 heavy (non-hydrogen) atoms. The summed E-state index contributed by atoms with van der Waals surface area (Å²) in [6.07, 6.45) is 5.08. The van der Waals surface area contributed by atoms with E-state index in [1.807, 2.05) is 17.0 Å². The third-order valence-electron chi connectivity index (χ3n) is 4.99. The van der Waals surface area contributed by atoms with Gasteiger partial charge in [-0.15, -0.1) is 0 Å². The van der Waals surface area contributed by atoms with Crippen LogP contribution in [-0.4, -0.2) is 33.9 Å². The maximum atomic E-state index is 13.8. The number of piperidine rings is 1. The lowest BCUT2D eigenvalue weighted by atomic mass is 9.91. The summed E-state index contributed by atoms with van der Waals surface area (Å²) in [5.41, 5.74) is 0.876. The number of rotatable bonds is 5. The van der Waals surface area contributed by atoms with Crippen molar-refractivity contribution in [2.75, 3.05) is 13.1 Å². The van der Waals surface area contributed by atoms with Crippen LogP contribution < -0.4 is 5.56 Å². The predicted molar refractivity (Wildman–Crippen MR) is 97.3 cm³/mol. The molecule has 1 amide bonds. The van der Waals surface area contributed by atoms with E-state index in [0.717, 1.165) is 24.8 Å². The average molecular weight is 357 g/mol. The van der Waals surface area contributed by atoms with Crippen molar-refractivity contribution in [3.05, 3.63) is 63.6 Å². The fourth-order valence-corrected chi connectivity index (χ4v) is 3.50. The lowest BCUT2D eigenvalue weighted by molar-refractivity contribution is -0.132. The quantitative estimate of drug-likeness (QED) is 0.895. The Labute approximate surface area is 152 Å². The molecule has 2 aromatic rings. The number of likely N-dealkylation sites (tertiary alicyclic amines) is 1. The summed E-state index contributed by atoms with van der Waals surface area (Å²) in [4.78, 5) is 33.0. The molecule has 6 heteroatoms. The van der Waals surface area contributed by atoms with Crippen molar-refractivity contribution in [3.8, 4) is 0 Å². The first-order valence-electron chi connectivity index (χ1n) is 9.09. The molecule has 0 spiro atoms. The van der Waals surface area contributed by atoms with Crippen LogP contribution in [0.3, 0.4) is 0 Å². The number of benzene rings is 1. The summed E-state index contributed by atoms with van der Waals surface area (Å²) in [7, 11) is 0. The number of H-pyrrole nitrogens is 1. The van der Waals surface area contributed by atoms with E-state index >= 15 is 0 Å². The lowest BCUT2D eigenvalue weighted by Crippen LogP contribution is -2.41. The topological polar surface area (TPSA) is 66.1 Å². The molecule has 0 aliphatic carbocycles. The SMILES string of the molecule is Cc1ncc(CC(=O)N2CCC[C@@H](CCc3ccccc3F)C2)c(=O)[nH]1. The first-order valence-corrected chi connectivity index (χ1v) is 9.09. The highest BCUT2D eigenvalue weighted by Gasteiger charge is 2.24. The average Bonchev–Trinajstić information content (AvgIpc) is 2.63. The van der Waals surface area contributed by atoms with Gasteiger partial charge in [0.05, 0.1) is 6.42 Å². The van der Waals surface area contributed by atoms with E-state index in [1.165, 1.54) is 12.3 Å². The van der Waals surface area contributed by atoms with Crippen LogP contribution in [0.4, 0.5) is 4.39 Å². The molecule has 5 nitrogen and oxygen atoms in total. The molecule has 3 rings (SSSR count). The van der Waals surface area contributed by atoms with Gasteiger partial charge in [0.15, 0.2) is 0 Å². The van der Waals surface area contributed by atoms with Crippen LogP contribution in [0.25, 0.3) is 0 Å². The third-order valence-corrected chi connectivity index (χ3v) is 4.99. The number of hydrogen-bond donors (Lipinski definition) is 1. The van der Waals surface area contributed by atoms with Gasteiger partial charge in [0.25, 0.3) is 5.56 Å². The summed E-state index contributed by atoms with van der Waals surface area (Å²) in [6, 6.07) is 6.85. The van der Waals surface area contributed by atoms with E-state index < -0.39 is 0 Å². The molecule has 0 unspecified atom stereocenters. The van der Waals surface area contributed by atoms with Crippen molar-refractivity contribution >= 4 is 5.91 Å². The largest absolute Gasteiger partial charge is 0.342 e. The normalized spacial score (nSPS) is 17.3. The summed E-state index contributed by atoms with van der Waals surface area (Å²) < 4.78 is 13.8. The molecule has 1 aromatic carbocycles. The highest BCUT2D eigenvalue weighted by Crippen LogP contribution is 2.22. The molecular formula is C20H24FN3O2. The molecule has 0 radical (unpaired) electrons. The van der Waals surface area contributed by atoms with Gasteiger partial charge < -0.3 is 9.88 Å². The van der Waals surface area contributed by atoms with Crippen LogP contribution in [0.1, 0.15) is 36.2 Å². The molecule has 0 bridgehead atoms. The standard InChI is InChI=1S/C20H24FN3O2/c1-14-22-12-17(20(26)23-14)11-19(25)24-10-4-5-15(13-24)8-9-16-6-2-3-7-18(16)21/h2-3,6-7,12,15H,4-5,8-11,13H2,1H3,(H,22,23,26)/t15-/m0/s1. The van der Waals surface area contributed by atoms with Crippen molar-refractivity contribution in [2.24, 2.45) is 5.92 Å². The number of carbonyl (C=O) groups excluding carboxylic acids is 1. The zero-order valence-corrected chi connectivity index (χ0v) is 15.0. The fourth-order valence-electron chi connectivity index (χ4n) is 3.50. The zero-order valence-electron chi connectivity index (χ0n) is 15.0. The first-order chi connectivity index (χ1) is 12.5. The molecule has 1 aliphatic rings. The fraction of sp³-hybridized carbons (Fsp3) is 0.450. The van der Waals surface area contributed by atoms with Gasteiger partial charge in [-0.25, -0.2) is 9.37 Å². The van der Waals surface area contributed by atoms with Gasteiger partial charge in [-0.05, 0) is 50.2 Å². The Balaban J connectivity index is 1.56. The first kappa shape index (κ1) is 18.3. The highest BCUT2D eigenvalue weighted by atomic mass is 19.1. The van der Waals surface area contributed by atoms with Crippen LogP contribution in [0, 0.1) is 18.7 Å². The molecule has 1 N–H and O–H groups in total. The van der Waals surface area contributed by atoms with Gasteiger partial charge in [0, 0.05) is 24.8 Å². The second kappa shape index (κ2) is 8.25. The van der Waals surface area contributed by atoms with Crippen molar-refractivity contribution < 1.29 is 9.18 Å². The van der Waals surface area contributed by atoms with Crippen molar-refractivity contribution in [1.29, 1.82) is 0 Å².